The second-order valence-corrected chi connectivity index (χ2v) is 8.21. The van der Waals surface area contributed by atoms with Crippen molar-refractivity contribution in [2.45, 2.75) is 24.1 Å². The van der Waals surface area contributed by atoms with Crippen LogP contribution in [0, 0.1) is 0 Å². The van der Waals surface area contributed by atoms with Crippen LogP contribution >= 0.6 is 0 Å². The van der Waals surface area contributed by atoms with Gasteiger partial charge in [-0.15, -0.1) is 0 Å². The van der Waals surface area contributed by atoms with E-state index in [1.807, 2.05) is 30.3 Å². The number of hydrogen-bond donors (Lipinski definition) is 1. The van der Waals surface area contributed by atoms with E-state index in [4.69, 9.17) is 0 Å². The Morgan fingerprint density at radius 2 is 1.00 bits per heavy atom. The largest absolute Gasteiger partial charge is 0.387 e. The number of aliphatic hydroxyl groups excluding tert-OH is 1. The van der Waals surface area contributed by atoms with Crippen molar-refractivity contribution in [2.75, 3.05) is 6.54 Å². The van der Waals surface area contributed by atoms with E-state index in [9.17, 15) is 5.11 Å². The average Bonchev–Trinajstić information content (AvgIpc) is 2.84. The number of aliphatic hydroxyl groups is 1. The van der Waals surface area contributed by atoms with Gasteiger partial charge in [-0.25, -0.2) is 0 Å². The molecule has 1 heterocycles. The third-order valence-corrected chi connectivity index (χ3v) is 6.58. The Morgan fingerprint density at radius 3 is 1.35 bits per heavy atom. The molecule has 0 aliphatic carbocycles. The lowest BCUT2D eigenvalue weighted by Gasteiger charge is -2.56. The minimum absolute atomic E-state index is 0.0306. The Labute approximate surface area is 184 Å². The van der Waals surface area contributed by atoms with Gasteiger partial charge in [0.05, 0.1) is 11.6 Å². The van der Waals surface area contributed by atoms with Gasteiger partial charge in [-0.05, 0) is 28.7 Å². The van der Waals surface area contributed by atoms with E-state index in [0.717, 1.165) is 18.5 Å². The lowest BCUT2D eigenvalue weighted by molar-refractivity contribution is -0.0605. The van der Waals surface area contributed by atoms with E-state index in [0.29, 0.717) is 0 Å². The zero-order chi connectivity index (χ0) is 21.1. The Morgan fingerprint density at radius 1 is 0.613 bits per heavy atom. The van der Waals surface area contributed by atoms with Crippen LogP contribution < -0.4 is 0 Å². The first-order valence-corrected chi connectivity index (χ1v) is 11.0. The molecule has 154 valence electrons. The maximum Gasteiger partial charge on any atom is 0.0976 e. The van der Waals surface area contributed by atoms with Gasteiger partial charge in [0.25, 0.3) is 0 Å². The van der Waals surface area contributed by atoms with Crippen molar-refractivity contribution in [1.29, 1.82) is 0 Å². The molecule has 2 atom stereocenters. The van der Waals surface area contributed by atoms with Crippen LogP contribution in [0.15, 0.2) is 121 Å². The second-order valence-electron chi connectivity index (χ2n) is 8.21. The van der Waals surface area contributed by atoms with E-state index >= 15 is 0 Å². The fraction of sp³-hybridized carbons (Fsp3) is 0.172. The van der Waals surface area contributed by atoms with Crippen molar-refractivity contribution < 1.29 is 5.11 Å². The molecule has 0 radical (unpaired) electrons. The predicted molar refractivity (Wildman–Crippen MR) is 126 cm³/mol. The molecule has 4 aromatic rings. The van der Waals surface area contributed by atoms with Crippen LogP contribution in [0.2, 0.25) is 0 Å². The quantitative estimate of drug-likeness (QED) is 0.411. The third-order valence-electron chi connectivity index (χ3n) is 6.58. The third kappa shape index (κ3) is 3.38. The van der Waals surface area contributed by atoms with Gasteiger partial charge >= 0.3 is 0 Å². The molecule has 1 saturated heterocycles. The molecule has 0 saturated carbocycles. The molecule has 4 aromatic carbocycles. The molecule has 2 heteroatoms. The summed E-state index contributed by atoms with van der Waals surface area (Å²) in [5.74, 6) is 0. The molecule has 2 nitrogen and oxygen atoms in total. The Hall–Kier alpha value is -3.20. The zero-order valence-electron chi connectivity index (χ0n) is 17.5. The molecular formula is C29H27NO. The second kappa shape index (κ2) is 8.50. The smallest absolute Gasteiger partial charge is 0.0976 e. The fourth-order valence-corrected chi connectivity index (χ4v) is 5.06. The highest BCUT2D eigenvalue weighted by atomic mass is 16.3. The van der Waals surface area contributed by atoms with E-state index in [1.54, 1.807) is 0 Å². The number of nitrogens with zero attached hydrogens (tertiary/aromatic N) is 1. The van der Waals surface area contributed by atoms with E-state index in [2.05, 4.69) is 95.9 Å². The van der Waals surface area contributed by atoms with Gasteiger partial charge in [0.15, 0.2) is 0 Å². The summed E-state index contributed by atoms with van der Waals surface area (Å²) in [5.41, 5.74) is 4.16. The fourth-order valence-electron chi connectivity index (χ4n) is 5.06. The first kappa shape index (κ1) is 19.7. The number of rotatable bonds is 6. The molecule has 5 rings (SSSR count). The van der Waals surface area contributed by atoms with Crippen LogP contribution in [0.5, 0.6) is 0 Å². The summed E-state index contributed by atoms with van der Waals surface area (Å²) in [6.45, 7) is 0.924. The molecule has 0 spiro atoms. The zero-order valence-corrected chi connectivity index (χ0v) is 17.5. The van der Waals surface area contributed by atoms with Crippen molar-refractivity contribution in [3.05, 3.63) is 144 Å². The van der Waals surface area contributed by atoms with Crippen LogP contribution in [0.4, 0.5) is 0 Å². The molecule has 0 aromatic heterocycles. The molecule has 0 bridgehead atoms. The Bertz CT molecular complexity index is 1000. The van der Waals surface area contributed by atoms with Gasteiger partial charge in [0, 0.05) is 12.6 Å². The molecule has 1 fully saturated rings. The number of hydrogen-bond acceptors (Lipinski definition) is 2. The minimum atomic E-state index is -0.537. The molecule has 1 aliphatic heterocycles. The van der Waals surface area contributed by atoms with Crippen LogP contribution in [-0.2, 0) is 5.54 Å². The predicted octanol–water partition coefficient (Wildman–Crippen LogP) is 5.79. The molecule has 0 amide bonds. The summed E-state index contributed by atoms with van der Waals surface area (Å²) < 4.78 is 0. The van der Waals surface area contributed by atoms with Crippen molar-refractivity contribution in [1.82, 2.24) is 4.90 Å². The number of benzene rings is 4. The summed E-state index contributed by atoms with van der Waals surface area (Å²) >= 11 is 0. The number of likely N-dealkylation sites (tertiary alicyclic amines) is 1. The van der Waals surface area contributed by atoms with Crippen LogP contribution in [0.25, 0.3) is 0 Å². The maximum absolute atomic E-state index is 11.4. The highest BCUT2D eigenvalue weighted by Crippen LogP contribution is 2.48. The van der Waals surface area contributed by atoms with E-state index in [1.165, 1.54) is 16.7 Å². The van der Waals surface area contributed by atoms with Gasteiger partial charge in [-0.1, -0.05) is 121 Å². The summed E-state index contributed by atoms with van der Waals surface area (Å²) in [5, 5.41) is 11.4. The van der Waals surface area contributed by atoms with Gasteiger partial charge < -0.3 is 5.11 Å². The molecule has 1 aliphatic rings. The van der Waals surface area contributed by atoms with Crippen molar-refractivity contribution >= 4 is 0 Å². The summed E-state index contributed by atoms with van der Waals surface area (Å²) in [7, 11) is 0. The van der Waals surface area contributed by atoms with Crippen LogP contribution in [0.3, 0.4) is 0 Å². The molecule has 1 N–H and O–H groups in total. The monoisotopic (exact) mass is 405 g/mol. The van der Waals surface area contributed by atoms with Crippen molar-refractivity contribution in [2.24, 2.45) is 0 Å². The van der Waals surface area contributed by atoms with E-state index < -0.39 is 11.6 Å². The van der Waals surface area contributed by atoms with Crippen LogP contribution in [0.1, 0.15) is 34.8 Å². The normalized spacial score (nSPS) is 17.6. The maximum atomic E-state index is 11.4. The van der Waals surface area contributed by atoms with Gasteiger partial charge in [-0.2, -0.15) is 0 Å². The van der Waals surface area contributed by atoms with Gasteiger partial charge in [0.1, 0.15) is 0 Å². The Kier molecular flexibility index (Phi) is 5.42. The highest BCUT2D eigenvalue weighted by molar-refractivity contribution is 5.50. The highest BCUT2D eigenvalue weighted by Gasteiger charge is 2.50. The molecular weight excluding hydrogens is 378 g/mol. The van der Waals surface area contributed by atoms with Crippen molar-refractivity contribution in [3.63, 3.8) is 0 Å². The van der Waals surface area contributed by atoms with Gasteiger partial charge in [0.2, 0.25) is 0 Å². The van der Waals surface area contributed by atoms with Crippen LogP contribution in [-0.4, -0.2) is 22.6 Å². The standard InChI is InChI=1S/C29H27NO/c31-28(23-13-5-1-6-14-23)27-21-22-30(27)29(24-15-7-2-8-16-24,25-17-9-3-10-18-25)26-19-11-4-12-20-26/h1-20,27-28,31H,21-22H2/t27?,28-/m0/s1. The summed E-state index contributed by atoms with van der Waals surface area (Å²) in [6, 6.07) is 42.2. The lowest BCUT2D eigenvalue weighted by Crippen LogP contribution is -2.62. The summed E-state index contributed by atoms with van der Waals surface area (Å²) in [4.78, 5) is 2.49. The van der Waals surface area contributed by atoms with E-state index in [-0.39, 0.29) is 6.04 Å². The van der Waals surface area contributed by atoms with Crippen molar-refractivity contribution in [3.8, 4) is 0 Å². The summed E-state index contributed by atoms with van der Waals surface area (Å²) in [6.07, 6.45) is 0.426. The topological polar surface area (TPSA) is 23.5 Å². The molecule has 31 heavy (non-hydrogen) atoms. The average molecular weight is 406 g/mol. The minimum Gasteiger partial charge on any atom is -0.387 e. The molecule has 1 unspecified atom stereocenters. The first-order valence-electron chi connectivity index (χ1n) is 11.0. The Balaban J connectivity index is 1.71. The van der Waals surface area contributed by atoms with Gasteiger partial charge in [-0.3, -0.25) is 4.90 Å². The first-order chi connectivity index (χ1) is 15.3. The SMILES string of the molecule is O[C@@H](c1ccccc1)C1CCN1C(c1ccccc1)(c1ccccc1)c1ccccc1. The lowest BCUT2D eigenvalue weighted by atomic mass is 9.72.